The Kier molecular flexibility index (Phi) is 9.76. The van der Waals surface area contributed by atoms with E-state index in [0.717, 1.165) is 30.0 Å². The number of likely N-dealkylation sites (tertiary alicyclic amines) is 1. The number of carbonyl (C=O) groups excluding carboxylic acids is 1. The molecule has 0 saturated carbocycles. The molecule has 0 aliphatic carbocycles. The topological polar surface area (TPSA) is 114 Å². The van der Waals surface area contributed by atoms with Gasteiger partial charge in [-0.2, -0.15) is 10.5 Å². The van der Waals surface area contributed by atoms with E-state index in [9.17, 15) is 14.9 Å². The van der Waals surface area contributed by atoms with Crippen molar-refractivity contribution in [3.05, 3.63) is 61.2 Å². The zero-order valence-corrected chi connectivity index (χ0v) is 24.2. The fourth-order valence-electron chi connectivity index (χ4n) is 5.22. The number of hydrogen-bond donors (Lipinski definition) is 2. The standard InChI is InChI=1S/C30H36N6O2S/c1-6-35-26(20-23(21-32)27(37)34-17-15-31)39-25(28(35)38)11-16-33-24-10-7-9-22(19-24)12-18-36-29(2,3)13-8-14-30(36,4)5/h7,9-10,16,19,33H,6,8,12-14,17-18H2,1-5H3,(H,34,37). The van der Waals surface area contributed by atoms with Crippen LogP contribution in [0.1, 0.15) is 59.4 Å². The van der Waals surface area contributed by atoms with Crippen molar-refractivity contribution in [1.82, 2.24) is 14.8 Å². The van der Waals surface area contributed by atoms with Crippen LogP contribution in [0.5, 0.6) is 0 Å². The van der Waals surface area contributed by atoms with Crippen LogP contribution in [0.25, 0.3) is 11.5 Å². The number of thiazole rings is 1. The van der Waals surface area contributed by atoms with E-state index in [1.807, 2.05) is 12.1 Å². The Hall–Kier alpha value is -3.84. The Morgan fingerprint density at radius 2 is 1.90 bits per heavy atom. The van der Waals surface area contributed by atoms with E-state index in [2.05, 4.69) is 66.8 Å². The number of rotatable bonds is 8. The van der Waals surface area contributed by atoms with E-state index in [1.54, 1.807) is 25.3 Å². The molecule has 1 aliphatic heterocycles. The summed E-state index contributed by atoms with van der Waals surface area (Å²) in [5.41, 5.74) is 7.65. The summed E-state index contributed by atoms with van der Waals surface area (Å²) in [4.78, 5) is 27.6. The molecule has 1 saturated heterocycles. The fourth-order valence-corrected chi connectivity index (χ4v) is 6.21. The molecule has 39 heavy (non-hydrogen) atoms. The Morgan fingerprint density at radius 3 is 2.54 bits per heavy atom. The highest BCUT2D eigenvalue weighted by Crippen LogP contribution is 2.38. The molecule has 0 radical (unpaired) electrons. The maximum absolute atomic E-state index is 12.9. The molecular formula is C30H36N6O2S. The highest BCUT2D eigenvalue weighted by molar-refractivity contribution is 7.07. The summed E-state index contributed by atoms with van der Waals surface area (Å²) in [5.74, 6) is -0.711. The van der Waals surface area contributed by atoms with Gasteiger partial charge in [0.05, 0.1) is 6.07 Å². The van der Waals surface area contributed by atoms with Crippen LogP contribution in [-0.4, -0.2) is 39.5 Å². The number of amides is 1. The molecule has 1 aromatic carbocycles. The molecule has 0 atom stereocenters. The number of nitrogens with zero attached hydrogens (tertiary/aromatic N) is 4. The van der Waals surface area contributed by atoms with Crippen LogP contribution in [0.15, 0.2) is 40.8 Å². The molecule has 1 aromatic heterocycles. The monoisotopic (exact) mass is 544 g/mol. The molecule has 2 heterocycles. The molecule has 0 bridgehead atoms. The second-order valence-electron chi connectivity index (χ2n) is 10.8. The number of carbonyl (C=O) groups is 1. The normalized spacial score (nSPS) is 15.7. The first-order chi connectivity index (χ1) is 18.5. The molecule has 204 valence electrons. The summed E-state index contributed by atoms with van der Waals surface area (Å²) in [5, 5.41) is 23.5. The van der Waals surface area contributed by atoms with Gasteiger partial charge in [0.15, 0.2) is 5.57 Å². The van der Waals surface area contributed by atoms with Crippen LogP contribution >= 0.6 is 11.3 Å². The van der Waals surface area contributed by atoms with Crippen molar-refractivity contribution < 1.29 is 4.79 Å². The van der Waals surface area contributed by atoms with Crippen molar-refractivity contribution in [2.45, 2.75) is 77.9 Å². The van der Waals surface area contributed by atoms with Gasteiger partial charge in [0, 0.05) is 36.1 Å². The molecule has 8 nitrogen and oxygen atoms in total. The van der Waals surface area contributed by atoms with Crippen LogP contribution in [0.3, 0.4) is 0 Å². The lowest BCUT2D eigenvalue weighted by molar-refractivity contribution is -0.116. The van der Waals surface area contributed by atoms with Crippen LogP contribution in [0.4, 0.5) is 5.69 Å². The number of nitriles is 2. The van der Waals surface area contributed by atoms with Crippen molar-refractivity contribution >= 4 is 34.4 Å². The van der Waals surface area contributed by atoms with E-state index < -0.39 is 5.91 Å². The molecule has 9 heteroatoms. The fraction of sp³-hybridized carbons (Fsp3) is 0.467. The quantitative estimate of drug-likeness (QED) is 0.300. The molecular weight excluding hydrogens is 508 g/mol. The number of piperidine rings is 1. The van der Waals surface area contributed by atoms with Crippen LogP contribution in [0, 0.1) is 22.7 Å². The molecule has 1 fully saturated rings. The van der Waals surface area contributed by atoms with Gasteiger partial charge in [-0.25, -0.2) is 0 Å². The van der Waals surface area contributed by atoms with Gasteiger partial charge in [-0.05, 0) is 78.0 Å². The maximum atomic E-state index is 12.9. The summed E-state index contributed by atoms with van der Waals surface area (Å²) in [6.07, 6.45) is 6.22. The third kappa shape index (κ3) is 7.39. The Bertz CT molecular complexity index is 1540. The van der Waals surface area contributed by atoms with Crippen molar-refractivity contribution in [3.63, 3.8) is 0 Å². The van der Waals surface area contributed by atoms with Crippen molar-refractivity contribution in [1.29, 1.82) is 10.5 Å². The lowest BCUT2D eigenvalue weighted by atomic mass is 9.79. The van der Waals surface area contributed by atoms with E-state index in [4.69, 9.17) is 5.26 Å². The first kappa shape index (κ1) is 29.7. The molecule has 3 rings (SSSR count). The summed E-state index contributed by atoms with van der Waals surface area (Å²) in [6.45, 7) is 12.3. The zero-order chi connectivity index (χ0) is 28.6. The van der Waals surface area contributed by atoms with E-state index in [0.29, 0.717) is 15.7 Å². The molecule has 0 spiro atoms. The predicted octanol–water partition coefficient (Wildman–Crippen LogP) is 2.99. The van der Waals surface area contributed by atoms with Gasteiger partial charge in [0.2, 0.25) is 0 Å². The average Bonchev–Trinajstić information content (AvgIpc) is 3.18. The van der Waals surface area contributed by atoms with Crippen LogP contribution in [0.2, 0.25) is 0 Å². The van der Waals surface area contributed by atoms with Crippen molar-refractivity contribution in [3.8, 4) is 12.1 Å². The van der Waals surface area contributed by atoms with Gasteiger partial charge < -0.3 is 10.6 Å². The van der Waals surface area contributed by atoms with Gasteiger partial charge in [0.1, 0.15) is 21.8 Å². The van der Waals surface area contributed by atoms with Crippen LogP contribution < -0.4 is 25.4 Å². The summed E-state index contributed by atoms with van der Waals surface area (Å²) in [6, 6.07) is 11.8. The second kappa shape index (κ2) is 12.8. The number of hydrogen-bond acceptors (Lipinski definition) is 7. The third-order valence-electron chi connectivity index (χ3n) is 7.13. The summed E-state index contributed by atoms with van der Waals surface area (Å²) in [7, 11) is 0. The Labute approximate surface area is 233 Å². The maximum Gasteiger partial charge on any atom is 0.277 e. The second-order valence-corrected chi connectivity index (χ2v) is 11.8. The molecule has 2 N–H and O–H groups in total. The third-order valence-corrected chi connectivity index (χ3v) is 8.14. The minimum Gasteiger partial charge on any atom is -0.355 e. The van der Waals surface area contributed by atoms with E-state index >= 15 is 0 Å². The Balaban J connectivity index is 1.84. The summed E-state index contributed by atoms with van der Waals surface area (Å²) >= 11 is 1.09. The molecule has 2 aromatic rings. The van der Waals surface area contributed by atoms with Gasteiger partial charge >= 0.3 is 0 Å². The van der Waals surface area contributed by atoms with E-state index in [1.165, 1.54) is 29.4 Å². The zero-order valence-electron chi connectivity index (χ0n) is 23.4. The number of anilines is 1. The molecule has 1 aliphatic rings. The lowest BCUT2D eigenvalue weighted by Crippen LogP contribution is -2.58. The average molecular weight is 545 g/mol. The largest absolute Gasteiger partial charge is 0.355 e. The first-order valence-electron chi connectivity index (χ1n) is 13.2. The predicted molar refractivity (Wildman–Crippen MR) is 155 cm³/mol. The SMILES string of the molecule is CCn1c(=C=C(C#N)C(=O)NCC#N)sc(=C=CNc2cccc(CCN3C(C)(C)CCCC3(C)C)c2)c1=O. The smallest absolute Gasteiger partial charge is 0.277 e. The summed E-state index contributed by atoms with van der Waals surface area (Å²) < 4.78 is 2.10. The minimum absolute atomic E-state index is 0.182. The molecule has 0 unspecified atom stereocenters. The van der Waals surface area contributed by atoms with Crippen molar-refractivity contribution in [2.24, 2.45) is 0 Å². The molecule has 1 amide bonds. The lowest BCUT2D eigenvalue weighted by Gasteiger charge is -2.53. The number of aromatic nitrogens is 1. The number of benzene rings is 1. The Morgan fingerprint density at radius 1 is 1.18 bits per heavy atom. The van der Waals surface area contributed by atoms with Gasteiger partial charge in [-0.1, -0.05) is 34.9 Å². The highest BCUT2D eigenvalue weighted by Gasteiger charge is 2.40. The minimum atomic E-state index is -0.711. The first-order valence-corrected chi connectivity index (χ1v) is 14.0. The van der Waals surface area contributed by atoms with Crippen LogP contribution in [-0.2, 0) is 17.8 Å². The van der Waals surface area contributed by atoms with Gasteiger partial charge in [-0.15, -0.1) is 0 Å². The van der Waals surface area contributed by atoms with Crippen molar-refractivity contribution in [2.75, 3.05) is 18.4 Å². The van der Waals surface area contributed by atoms with E-state index in [-0.39, 0.29) is 28.8 Å². The van der Waals surface area contributed by atoms with Gasteiger partial charge in [0.25, 0.3) is 11.5 Å². The number of nitrogens with one attached hydrogen (secondary N) is 2. The highest BCUT2D eigenvalue weighted by atomic mass is 32.1. The van der Waals surface area contributed by atoms with Gasteiger partial charge in [-0.3, -0.25) is 19.1 Å².